The van der Waals surface area contributed by atoms with Gasteiger partial charge in [-0.2, -0.15) is 0 Å². The van der Waals surface area contributed by atoms with Crippen LogP contribution in [-0.4, -0.2) is 14.2 Å². The molecule has 4 rings (SSSR count). The minimum atomic E-state index is 0.510. The predicted molar refractivity (Wildman–Crippen MR) is 179 cm³/mol. The Bertz CT molecular complexity index is 1410. The molecule has 0 saturated heterocycles. The molecule has 0 N–H and O–H groups in total. The first-order valence-electron chi connectivity index (χ1n) is 10.3. The van der Waals surface area contributed by atoms with Gasteiger partial charge in [-0.3, -0.25) is 0 Å². The minimum Gasteiger partial charge on any atom is -0.492 e. The van der Waals surface area contributed by atoms with Crippen LogP contribution in [0.25, 0.3) is 22.3 Å². The molecule has 0 heterocycles. The van der Waals surface area contributed by atoms with Crippen molar-refractivity contribution in [2.24, 2.45) is 0 Å². The fourth-order valence-corrected chi connectivity index (χ4v) is 8.31. The summed E-state index contributed by atoms with van der Waals surface area (Å²) in [5, 5.41) is 0. The molecule has 0 aliphatic heterocycles. The minimum absolute atomic E-state index is 0.510. The second-order valence-corrected chi connectivity index (χ2v) is 14.2. The van der Waals surface area contributed by atoms with E-state index >= 15 is 0 Å². The quantitative estimate of drug-likeness (QED) is 0.193. The first-order chi connectivity index (χ1) is 17.6. The van der Waals surface area contributed by atoms with Crippen LogP contribution in [0.4, 0.5) is 0 Å². The molecule has 4 aromatic carbocycles. The molecule has 0 saturated carbocycles. The number of benzene rings is 4. The fourth-order valence-electron chi connectivity index (χ4n) is 3.63. The van der Waals surface area contributed by atoms with E-state index in [1.165, 1.54) is 0 Å². The van der Waals surface area contributed by atoms with Crippen LogP contribution < -0.4 is 14.2 Å². The zero-order chi connectivity index (χ0) is 27.0. The largest absolute Gasteiger partial charge is 0.492 e. The fraction of sp³-hybridized carbons (Fsp3) is 0.0769. The molecule has 11 heteroatoms. The summed E-state index contributed by atoms with van der Waals surface area (Å²) in [6.45, 7) is 0. The van der Waals surface area contributed by atoms with Gasteiger partial charge in [0.25, 0.3) is 0 Å². The van der Waals surface area contributed by atoms with E-state index in [1.54, 1.807) is 14.2 Å². The van der Waals surface area contributed by atoms with Gasteiger partial charge in [-0.05, 0) is 111 Å². The van der Waals surface area contributed by atoms with Gasteiger partial charge < -0.3 is 14.2 Å². The second kappa shape index (κ2) is 12.7. The van der Waals surface area contributed by atoms with Crippen molar-refractivity contribution in [3.8, 4) is 45.3 Å². The summed E-state index contributed by atoms with van der Waals surface area (Å²) < 4.78 is 25.0. The van der Waals surface area contributed by atoms with Gasteiger partial charge in [-0.1, -0.05) is 75.9 Å². The summed E-state index contributed by atoms with van der Waals surface area (Å²) in [6, 6.07) is 15.9. The average molecular weight is 1010 g/mol. The molecule has 0 unspecified atom stereocenters. The molecule has 0 bridgehead atoms. The summed E-state index contributed by atoms with van der Waals surface area (Å²) in [7, 11) is 3.21. The van der Waals surface area contributed by atoms with Gasteiger partial charge in [-0.15, -0.1) is 0 Å². The summed E-state index contributed by atoms with van der Waals surface area (Å²) >= 11 is 29.2. The zero-order valence-electron chi connectivity index (χ0n) is 18.9. The number of ether oxygens (including phenoxy) is 3. The van der Waals surface area contributed by atoms with Crippen molar-refractivity contribution in [1.82, 2.24) is 0 Å². The van der Waals surface area contributed by atoms with E-state index in [1.807, 2.05) is 48.5 Å². The van der Waals surface area contributed by atoms with E-state index in [0.29, 0.717) is 23.0 Å². The van der Waals surface area contributed by atoms with Crippen molar-refractivity contribution in [2.75, 3.05) is 14.2 Å². The van der Waals surface area contributed by atoms with Crippen LogP contribution in [0.15, 0.2) is 84.3 Å². The van der Waals surface area contributed by atoms with Crippen LogP contribution in [0.2, 0.25) is 0 Å². The highest BCUT2D eigenvalue weighted by atomic mass is 79.9. The van der Waals surface area contributed by atoms with Crippen LogP contribution in [0.1, 0.15) is 0 Å². The molecule has 0 atom stereocenters. The SMILES string of the molecule is COc1c(Oc2cc(-c3ccc(Br)cc3Br)c(Br)c(Br)c2OC)cc(-c2ccc(Br)cc2Br)c(Br)c1Br. The van der Waals surface area contributed by atoms with Gasteiger partial charge in [-0.25, -0.2) is 0 Å². The molecule has 0 aliphatic rings. The van der Waals surface area contributed by atoms with Crippen molar-refractivity contribution < 1.29 is 14.2 Å². The van der Waals surface area contributed by atoms with Crippen molar-refractivity contribution in [1.29, 1.82) is 0 Å². The number of hydrogen-bond donors (Lipinski definition) is 0. The molecule has 3 nitrogen and oxygen atoms in total. The molecule has 0 spiro atoms. The van der Waals surface area contributed by atoms with Crippen molar-refractivity contribution >= 4 is 127 Å². The molecule has 0 radical (unpaired) electrons. The Morgan fingerprint density at radius 2 is 0.838 bits per heavy atom. The van der Waals surface area contributed by atoms with E-state index in [2.05, 4.69) is 127 Å². The lowest BCUT2D eigenvalue weighted by atomic mass is 10.0. The lowest BCUT2D eigenvalue weighted by Crippen LogP contribution is -1.98. The van der Waals surface area contributed by atoms with E-state index in [4.69, 9.17) is 14.2 Å². The van der Waals surface area contributed by atoms with Gasteiger partial charge in [0.05, 0.1) is 23.2 Å². The Morgan fingerprint density at radius 3 is 1.16 bits per heavy atom. The van der Waals surface area contributed by atoms with Crippen LogP contribution in [0, 0.1) is 0 Å². The molecule has 37 heavy (non-hydrogen) atoms. The van der Waals surface area contributed by atoms with Crippen LogP contribution >= 0.6 is 127 Å². The van der Waals surface area contributed by atoms with Crippen molar-refractivity contribution in [2.45, 2.75) is 0 Å². The first-order valence-corrected chi connectivity index (χ1v) is 16.6. The normalized spacial score (nSPS) is 11.0. The van der Waals surface area contributed by atoms with Gasteiger partial charge >= 0.3 is 0 Å². The lowest BCUT2D eigenvalue weighted by molar-refractivity contribution is 0.354. The Kier molecular flexibility index (Phi) is 10.4. The Labute approximate surface area is 282 Å². The predicted octanol–water partition coefficient (Wildman–Crippen LogP) is 12.9. The van der Waals surface area contributed by atoms with Gasteiger partial charge in [0, 0.05) is 38.0 Å². The summed E-state index contributed by atoms with van der Waals surface area (Å²) in [5.74, 6) is 2.10. The highest BCUT2D eigenvalue weighted by molar-refractivity contribution is 9.13. The summed E-state index contributed by atoms with van der Waals surface area (Å²) in [6.07, 6.45) is 0. The number of methoxy groups -OCH3 is 2. The van der Waals surface area contributed by atoms with E-state index in [9.17, 15) is 0 Å². The highest BCUT2D eigenvalue weighted by Crippen LogP contribution is 2.52. The molecule has 0 amide bonds. The zero-order valence-corrected chi connectivity index (χ0v) is 31.6. The van der Waals surface area contributed by atoms with Gasteiger partial charge in [0.2, 0.25) is 0 Å². The highest BCUT2D eigenvalue weighted by Gasteiger charge is 2.24. The lowest BCUT2D eigenvalue weighted by Gasteiger charge is -2.20. The molecule has 4 aromatic rings. The maximum absolute atomic E-state index is 6.54. The Hall–Kier alpha value is 0.120. The molecule has 192 valence electrons. The van der Waals surface area contributed by atoms with Gasteiger partial charge in [0.15, 0.2) is 23.0 Å². The monoisotopic (exact) mass is 1010 g/mol. The average Bonchev–Trinajstić information content (AvgIpc) is 2.84. The topological polar surface area (TPSA) is 27.7 Å². The Balaban J connectivity index is 1.93. The summed E-state index contributed by atoms with van der Waals surface area (Å²) in [5.41, 5.74) is 3.78. The van der Waals surface area contributed by atoms with E-state index in [-0.39, 0.29) is 0 Å². The molecular weight excluding hydrogens is 1000 g/mol. The molecular formula is C26H14Br8O3. The number of rotatable bonds is 6. The number of hydrogen-bond acceptors (Lipinski definition) is 3. The molecule has 0 aromatic heterocycles. The van der Waals surface area contributed by atoms with Gasteiger partial charge in [0.1, 0.15) is 0 Å². The molecule has 0 fully saturated rings. The standard InChI is InChI=1S/C26H14Br8O3/c1-35-25-19(9-15(21(31)23(25)33)13-5-3-11(27)7-17(13)29)37-20-10-16(22(32)24(34)26(20)36-2)14-6-4-12(28)8-18(14)30/h3-10H,1-2H3. The summed E-state index contributed by atoms with van der Waals surface area (Å²) in [4.78, 5) is 0. The maximum atomic E-state index is 6.54. The third-order valence-corrected chi connectivity index (χ3v) is 11.8. The van der Waals surface area contributed by atoms with Crippen LogP contribution in [0.5, 0.6) is 23.0 Å². The first kappa shape index (κ1) is 30.1. The second-order valence-electron chi connectivity index (χ2n) is 7.52. The third-order valence-electron chi connectivity index (χ3n) is 5.33. The van der Waals surface area contributed by atoms with Crippen molar-refractivity contribution in [3.05, 3.63) is 84.3 Å². The Morgan fingerprint density at radius 1 is 0.459 bits per heavy atom. The van der Waals surface area contributed by atoms with Crippen LogP contribution in [-0.2, 0) is 0 Å². The molecule has 0 aliphatic carbocycles. The van der Waals surface area contributed by atoms with E-state index < -0.39 is 0 Å². The number of halogens is 8. The maximum Gasteiger partial charge on any atom is 0.176 e. The smallest absolute Gasteiger partial charge is 0.176 e. The third kappa shape index (κ3) is 6.24. The van der Waals surface area contributed by atoms with Crippen molar-refractivity contribution in [3.63, 3.8) is 0 Å². The van der Waals surface area contributed by atoms with E-state index in [0.717, 1.165) is 58.0 Å². The van der Waals surface area contributed by atoms with Crippen LogP contribution in [0.3, 0.4) is 0 Å².